The van der Waals surface area contributed by atoms with Crippen molar-refractivity contribution in [1.82, 2.24) is 0 Å². The predicted octanol–water partition coefficient (Wildman–Crippen LogP) is 3.03. The predicted molar refractivity (Wildman–Crippen MR) is 72.6 cm³/mol. The monoisotopic (exact) mass is 262 g/mol. The van der Waals surface area contributed by atoms with E-state index in [0.717, 1.165) is 0 Å². The van der Waals surface area contributed by atoms with Crippen LogP contribution in [0.4, 0.5) is 0 Å². The first-order valence-electron chi connectivity index (χ1n) is 5.94. The van der Waals surface area contributed by atoms with Crippen molar-refractivity contribution in [3.8, 4) is 0 Å². The first-order valence-corrected chi connectivity index (χ1v) is 5.94. The van der Waals surface area contributed by atoms with E-state index < -0.39 is 17.4 Å². The summed E-state index contributed by atoms with van der Waals surface area (Å²) in [7, 11) is 0. The van der Waals surface area contributed by atoms with Crippen LogP contribution in [0.15, 0.2) is 30.9 Å². The molecule has 0 radical (unpaired) electrons. The van der Waals surface area contributed by atoms with E-state index in [4.69, 9.17) is 4.74 Å². The number of ether oxygens (including phenoxy) is 1. The number of carbonyl (C=O) groups is 2. The van der Waals surface area contributed by atoms with Gasteiger partial charge in [-0.2, -0.15) is 0 Å². The van der Waals surface area contributed by atoms with Crippen LogP contribution in [0.5, 0.6) is 0 Å². The first-order chi connectivity index (χ1) is 8.79. The van der Waals surface area contributed by atoms with E-state index >= 15 is 0 Å². The molecule has 0 aromatic heterocycles. The third-order valence-electron chi connectivity index (χ3n) is 2.60. The molecule has 1 aromatic rings. The van der Waals surface area contributed by atoms with Crippen LogP contribution in [-0.4, -0.2) is 23.7 Å². The van der Waals surface area contributed by atoms with Gasteiger partial charge in [0, 0.05) is 0 Å². The summed E-state index contributed by atoms with van der Waals surface area (Å²) in [6.07, 6.45) is 1.47. The Kier molecular flexibility index (Phi) is 4.48. The highest BCUT2D eigenvalue weighted by molar-refractivity contribution is 5.98. The minimum Gasteiger partial charge on any atom is -0.478 e. The summed E-state index contributed by atoms with van der Waals surface area (Å²) in [5.41, 5.74) is 0.420. The molecule has 0 bridgehead atoms. The molecule has 0 saturated heterocycles. The van der Waals surface area contributed by atoms with Gasteiger partial charge < -0.3 is 9.84 Å². The molecule has 0 spiro atoms. The molecule has 0 atom stereocenters. The molecule has 0 aliphatic carbocycles. The van der Waals surface area contributed by atoms with Crippen molar-refractivity contribution in [2.75, 3.05) is 6.61 Å². The molecule has 102 valence electrons. The van der Waals surface area contributed by atoms with Crippen molar-refractivity contribution in [3.05, 3.63) is 47.5 Å². The quantitative estimate of drug-likeness (QED) is 0.669. The Morgan fingerprint density at radius 2 is 1.89 bits per heavy atom. The van der Waals surface area contributed by atoms with Crippen LogP contribution >= 0.6 is 0 Å². The maximum absolute atomic E-state index is 12.0. The molecule has 0 saturated carbocycles. The number of rotatable bonds is 4. The lowest BCUT2D eigenvalue weighted by Gasteiger charge is -2.24. The van der Waals surface area contributed by atoms with E-state index in [0.29, 0.717) is 5.56 Å². The van der Waals surface area contributed by atoms with Crippen molar-refractivity contribution in [2.24, 2.45) is 0 Å². The molecule has 0 fully saturated rings. The highest BCUT2D eigenvalue weighted by atomic mass is 16.5. The number of carboxylic acid groups (broad SMARTS) is 1. The second-order valence-electron chi connectivity index (χ2n) is 5.17. The molecule has 0 amide bonds. The Labute approximate surface area is 112 Å². The maximum Gasteiger partial charge on any atom is 0.338 e. The number of hydrogen-bond donors (Lipinski definition) is 1. The van der Waals surface area contributed by atoms with Crippen LogP contribution in [0.3, 0.4) is 0 Å². The van der Waals surface area contributed by atoms with E-state index in [2.05, 4.69) is 6.58 Å². The molecular formula is C15H18O4. The van der Waals surface area contributed by atoms with Gasteiger partial charge in [-0.3, -0.25) is 0 Å². The molecule has 0 aliphatic heterocycles. The number of carboxylic acids is 1. The molecule has 19 heavy (non-hydrogen) atoms. The highest BCUT2D eigenvalue weighted by Crippen LogP contribution is 2.30. The van der Waals surface area contributed by atoms with Gasteiger partial charge in [0.1, 0.15) is 6.61 Å². The van der Waals surface area contributed by atoms with Crippen LogP contribution in [0.25, 0.3) is 0 Å². The summed E-state index contributed by atoms with van der Waals surface area (Å²) in [6, 6.07) is 4.62. The van der Waals surface area contributed by atoms with Gasteiger partial charge in [-0.1, -0.05) is 39.5 Å². The first kappa shape index (κ1) is 15.0. The Morgan fingerprint density at radius 3 is 2.37 bits per heavy atom. The zero-order chi connectivity index (χ0) is 14.6. The van der Waals surface area contributed by atoms with Gasteiger partial charge in [0.25, 0.3) is 0 Å². The van der Waals surface area contributed by atoms with Crippen molar-refractivity contribution >= 4 is 11.9 Å². The van der Waals surface area contributed by atoms with E-state index in [1.165, 1.54) is 12.1 Å². The summed E-state index contributed by atoms with van der Waals surface area (Å²) in [5, 5.41) is 9.24. The summed E-state index contributed by atoms with van der Waals surface area (Å²) < 4.78 is 5.00. The lowest BCUT2D eigenvalue weighted by molar-refractivity contribution is 0.0547. The third-order valence-corrected chi connectivity index (χ3v) is 2.60. The van der Waals surface area contributed by atoms with Crippen LogP contribution in [0.1, 0.15) is 47.1 Å². The molecule has 1 N–H and O–H groups in total. The second kappa shape index (κ2) is 5.69. The van der Waals surface area contributed by atoms with E-state index in [1.807, 2.05) is 20.8 Å². The second-order valence-corrected chi connectivity index (χ2v) is 5.17. The Balaban J connectivity index is 3.39. The van der Waals surface area contributed by atoms with Crippen LogP contribution in [0.2, 0.25) is 0 Å². The number of esters is 1. The standard InChI is InChI=1S/C15H18O4/c1-5-9-19-14(18)11-8-6-7-10(13(16)17)12(11)15(2,3)4/h5-8H,1,9H2,2-4H3,(H,16,17). The molecular weight excluding hydrogens is 244 g/mol. The molecule has 0 unspecified atom stereocenters. The van der Waals surface area contributed by atoms with E-state index in [1.54, 1.807) is 12.1 Å². The van der Waals surface area contributed by atoms with Crippen LogP contribution in [-0.2, 0) is 10.2 Å². The largest absolute Gasteiger partial charge is 0.478 e. The van der Waals surface area contributed by atoms with Gasteiger partial charge in [0.15, 0.2) is 0 Å². The Hall–Kier alpha value is -2.10. The lowest BCUT2D eigenvalue weighted by atomic mass is 9.80. The highest BCUT2D eigenvalue weighted by Gasteiger charge is 2.28. The summed E-state index contributed by atoms with van der Waals surface area (Å²) in [6.45, 7) is 9.15. The van der Waals surface area contributed by atoms with Crippen molar-refractivity contribution < 1.29 is 19.4 Å². The van der Waals surface area contributed by atoms with Gasteiger partial charge in [0.2, 0.25) is 0 Å². The fourth-order valence-electron chi connectivity index (χ4n) is 1.92. The minimum absolute atomic E-state index is 0.0969. The molecule has 1 rings (SSSR count). The SMILES string of the molecule is C=CCOC(=O)c1cccc(C(=O)O)c1C(C)(C)C. The van der Waals surface area contributed by atoms with Crippen LogP contribution < -0.4 is 0 Å². The average molecular weight is 262 g/mol. The summed E-state index contributed by atoms with van der Waals surface area (Å²) in [5.74, 6) is -1.59. The van der Waals surface area contributed by atoms with Gasteiger partial charge in [-0.25, -0.2) is 9.59 Å². The van der Waals surface area contributed by atoms with Crippen molar-refractivity contribution in [3.63, 3.8) is 0 Å². The molecule has 4 heteroatoms. The van der Waals surface area contributed by atoms with Gasteiger partial charge in [-0.05, 0) is 23.1 Å². The Bertz CT molecular complexity index is 509. The fourth-order valence-corrected chi connectivity index (χ4v) is 1.92. The van der Waals surface area contributed by atoms with Gasteiger partial charge >= 0.3 is 11.9 Å². The third kappa shape index (κ3) is 3.44. The smallest absolute Gasteiger partial charge is 0.338 e. The van der Waals surface area contributed by atoms with Crippen molar-refractivity contribution in [1.29, 1.82) is 0 Å². The summed E-state index contributed by atoms with van der Waals surface area (Å²) in [4.78, 5) is 23.3. The molecule has 0 aliphatic rings. The molecule has 0 heterocycles. The average Bonchev–Trinajstić information content (AvgIpc) is 2.33. The number of carbonyl (C=O) groups excluding carboxylic acids is 1. The van der Waals surface area contributed by atoms with E-state index in [-0.39, 0.29) is 17.7 Å². The minimum atomic E-state index is -1.05. The number of hydrogen-bond acceptors (Lipinski definition) is 3. The number of aromatic carboxylic acids is 1. The molecule has 4 nitrogen and oxygen atoms in total. The van der Waals surface area contributed by atoms with Gasteiger partial charge in [-0.15, -0.1) is 0 Å². The topological polar surface area (TPSA) is 63.6 Å². The van der Waals surface area contributed by atoms with Crippen molar-refractivity contribution in [2.45, 2.75) is 26.2 Å². The van der Waals surface area contributed by atoms with Gasteiger partial charge in [0.05, 0.1) is 11.1 Å². The Morgan fingerprint density at radius 1 is 1.32 bits per heavy atom. The normalized spacial score (nSPS) is 10.9. The zero-order valence-corrected chi connectivity index (χ0v) is 11.4. The maximum atomic E-state index is 12.0. The zero-order valence-electron chi connectivity index (χ0n) is 11.4. The lowest BCUT2D eigenvalue weighted by Crippen LogP contribution is -2.22. The van der Waals surface area contributed by atoms with E-state index in [9.17, 15) is 14.7 Å². The fraction of sp³-hybridized carbons (Fsp3) is 0.333. The van der Waals surface area contributed by atoms with Crippen LogP contribution in [0, 0.1) is 0 Å². The molecule has 1 aromatic carbocycles. The summed E-state index contributed by atoms with van der Waals surface area (Å²) >= 11 is 0. The number of benzene rings is 1.